The standard InChI is InChI=1S/C18H23FN2O/c1-18(2,17(22)21-13-6-4-3-5-7-13)15-11-20-16-9-8-12(19)10-14(15)16/h8-11,13,20H,3-7H2,1-2H3,(H,21,22). The number of aromatic amines is 1. The Balaban J connectivity index is 1.86. The zero-order valence-corrected chi connectivity index (χ0v) is 13.2. The molecule has 0 radical (unpaired) electrons. The molecule has 0 bridgehead atoms. The first-order chi connectivity index (χ1) is 10.5. The highest BCUT2D eigenvalue weighted by Gasteiger charge is 2.33. The summed E-state index contributed by atoms with van der Waals surface area (Å²) < 4.78 is 13.5. The van der Waals surface area contributed by atoms with Crippen molar-refractivity contribution in [1.82, 2.24) is 10.3 Å². The smallest absolute Gasteiger partial charge is 0.230 e. The minimum atomic E-state index is -0.691. The number of aromatic nitrogens is 1. The lowest BCUT2D eigenvalue weighted by Crippen LogP contribution is -2.45. The van der Waals surface area contributed by atoms with Crippen LogP contribution in [0.3, 0.4) is 0 Å². The number of amides is 1. The van der Waals surface area contributed by atoms with Crippen LogP contribution in [0.25, 0.3) is 10.9 Å². The molecule has 1 fully saturated rings. The molecule has 0 spiro atoms. The van der Waals surface area contributed by atoms with E-state index in [1.807, 2.05) is 20.0 Å². The fourth-order valence-corrected chi connectivity index (χ4v) is 3.34. The Morgan fingerprint density at radius 3 is 2.73 bits per heavy atom. The van der Waals surface area contributed by atoms with Crippen LogP contribution in [0, 0.1) is 5.82 Å². The molecule has 1 saturated carbocycles. The number of hydrogen-bond donors (Lipinski definition) is 2. The van der Waals surface area contributed by atoms with Crippen molar-refractivity contribution < 1.29 is 9.18 Å². The van der Waals surface area contributed by atoms with Crippen molar-refractivity contribution >= 4 is 16.8 Å². The molecule has 1 aliphatic carbocycles. The second-order valence-electron chi connectivity index (χ2n) is 6.83. The predicted octanol–water partition coefficient (Wildman–Crippen LogP) is 4.03. The summed E-state index contributed by atoms with van der Waals surface area (Å²) in [6.07, 6.45) is 7.57. The van der Waals surface area contributed by atoms with E-state index in [1.165, 1.54) is 31.4 Å². The normalized spacial score (nSPS) is 16.9. The molecule has 0 atom stereocenters. The third-order valence-electron chi connectivity index (χ3n) is 4.83. The highest BCUT2D eigenvalue weighted by molar-refractivity contribution is 5.94. The molecule has 2 aromatic rings. The number of halogens is 1. The van der Waals surface area contributed by atoms with E-state index in [0.717, 1.165) is 29.3 Å². The molecule has 2 N–H and O–H groups in total. The van der Waals surface area contributed by atoms with E-state index in [2.05, 4.69) is 10.3 Å². The molecular formula is C18H23FN2O. The lowest BCUT2D eigenvalue weighted by Gasteiger charge is -2.29. The largest absolute Gasteiger partial charge is 0.361 e. The fraction of sp³-hybridized carbons (Fsp3) is 0.500. The van der Waals surface area contributed by atoms with Crippen LogP contribution in [0.5, 0.6) is 0 Å². The average Bonchev–Trinajstić information content (AvgIpc) is 2.91. The van der Waals surface area contributed by atoms with Crippen molar-refractivity contribution in [3.8, 4) is 0 Å². The van der Waals surface area contributed by atoms with Gasteiger partial charge in [0.15, 0.2) is 0 Å². The number of nitrogens with one attached hydrogen (secondary N) is 2. The van der Waals surface area contributed by atoms with Crippen molar-refractivity contribution in [2.45, 2.75) is 57.4 Å². The fourth-order valence-electron chi connectivity index (χ4n) is 3.34. The van der Waals surface area contributed by atoms with Crippen LogP contribution in [0.15, 0.2) is 24.4 Å². The maximum atomic E-state index is 13.5. The van der Waals surface area contributed by atoms with Gasteiger partial charge < -0.3 is 10.3 Å². The van der Waals surface area contributed by atoms with Crippen LogP contribution in [0.2, 0.25) is 0 Å². The zero-order valence-electron chi connectivity index (χ0n) is 13.2. The summed E-state index contributed by atoms with van der Waals surface area (Å²) in [4.78, 5) is 15.9. The molecule has 118 valence electrons. The Labute approximate surface area is 130 Å². The second-order valence-corrected chi connectivity index (χ2v) is 6.83. The molecule has 3 nitrogen and oxygen atoms in total. The number of fused-ring (bicyclic) bond motifs is 1. The Morgan fingerprint density at radius 2 is 2.00 bits per heavy atom. The van der Waals surface area contributed by atoms with E-state index in [1.54, 1.807) is 6.07 Å². The second kappa shape index (κ2) is 5.75. The number of H-pyrrole nitrogens is 1. The highest BCUT2D eigenvalue weighted by Crippen LogP contribution is 2.31. The van der Waals surface area contributed by atoms with Gasteiger partial charge in [-0.25, -0.2) is 4.39 Å². The SMILES string of the molecule is CC(C)(C(=O)NC1CCCCC1)c1c[nH]c2ccc(F)cc12. The molecule has 4 heteroatoms. The van der Waals surface area contributed by atoms with Crippen LogP contribution in [0.1, 0.15) is 51.5 Å². The Hall–Kier alpha value is -1.84. The van der Waals surface area contributed by atoms with Gasteiger partial charge >= 0.3 is 0 Å². The van der Waals surface area contributed by atoms with Crippen molar-refractivity contribution in [3.63, 3.8) is 0 Å². The van der Waals surface area contributed by atoms with Crippen LogP contribution in [0.4, 0.5) is 4.39 Å². The minimum Gasteiger partial charge on any atom is -0.361 e. The number of hydrogen-bond acceptors (Lipinski definition) is 1. The average molecular weight is 302 g/mol. The van der Waals surface area contributed by atoms with Crippen LogP contribution in [-0.4, -0.2) is 16.9 Å². The summed E-state index contributed by atoms with van der Waals surface area (Å²) in [5.74, 6) is -0.263. The van der Waals surface area contributed by atoms with E-state index in [9.17, 15) is 9.18 Å². The van der Waals surface area contributed by atoms with Gasteiger partial charge in [-0.2, -0.15) is 0 Å². The third-order valence-corrected chi connectivity index (χ3v) is 4.83. The lowest BCUT2D eigenvalue weighted by atomic mass is 9.82. The van der Waals surface area contributed by atoms with E-state index in [-0.39, 0.29) is 17.8 Å². The lowest BCUT2D eigenvalue weighted by molar-refractivity contribution is -0.126. The summed E-state index contributed by atoms with van der Waals surface area (Å²) in [6.45, 7) is 3.80. The van der Waals surface area contributed by atoms with Crippen LogP contribution >= 0.6 is 0 Å². The van der Waals surface area contributed by atoms with Crippen LogP contribution < -0.4 is 5.32 Å². The maximum Gasteiger partial charge on any atom is 0.230 e. The van der Waals surface area contributed by atoms with Gasteiger partial charge in [0.1, 0.15) is 5.82 Å². The van der Waals surface area contributed by atoms with Crippen molar-refractivity contribution in [2.24, 2.45) is 0 Å². The Morgan fingerprint density at radius 1 is 1.27 bits per heavy atom. The number of carbonyl (C=O) groups excluding carboxylic acids is 1. The minimum absolute atomic E-state index is 0.0181. The maximum absolute atomic E-state index is 13.5. The van der Waals surface area contributed by atoms with Crippen LogP contribution in [-0.2, 0) is 10.2 Å². The molecule has 1 amide bonds. The van der Waals surface area contributed by atoms with E-state index < -0.39 is 5.41 Å². The monoisotopic (exact) mass is 302 g/mol. The molecule has 22 heavy (non-hydrogen) atoms. The van der Waals surface area contributed by atoms with Crippen molar-refractivity contribution in [3.05, 3.63) is 35.8 Å². The van der Waals surface area contributed by atoms with E-state index in [0.29, 0.717) is 0 Å². The van der Waals surface area contributed by atoms with Gasteiger partial charge in [0, 0.05) is 23.1 Å². The summed E-state index contributed by atoms with van der Waals surface area (Å²) in [5, 5.41) is 3.96. The molecular weight excluding hydrogens is 279 g/mol. The van der Waals surface area contributed by atoms with E-state index in [4.69, 9.17) is 0 Å². The molecule has 1 aromatic carbocycles. The molecule has 1 aliphatic rings. The zero-order chi connectivity index (χ0) is 15.7. The van der Waals surface area contributed by atoms with Gasteiger partial charge in [-0.3, -0.25) is 4.79 Å². The van der Waals surface area contributed by atoms with Gasteiger partial charge in [-0.05, 0) is 50.5 Å². The van der Waals surface area contributed by atoms with Gasteiger partial charge in [0.2, 0.25) is 5.91 Å². The Bertz CT molecular complexity index is 683. The van der Waals surface area contributed by atoms with Gasteiger partial charge in [0.05, 0.1) is 5.41 Å². The first kappa shape index (κ1) is 15.1. The predicted molar refractivity (Wildman–Crippen MR) is 86.3 cm³/mol. The molecule has 0 aliphatic heterocycles. The van der Waals surface area contributed by atoms with E-state index >= 15 is 0 Å². The van der Waals surface area contributed by atoms with Gasteiger partial charge in [-0.15, -0.1) is 0 Å². The number of carbonyl (C=O) groups is 1. The number of benzene rings is 1. The van der Waals surface area contributed by atoms with Crippen molar-refractivity contribution in [1.29, 1.82) is 0 Å². The molecule has 1 heterocycles. The summed E-state index contributed by atoms with van der Waals surface area (Å²) >= 11 is 0. The van der Waals surface area contributed by atoms with Crippen molar-refractivity contribution in [2.75, 3.05) is 0 Å². The first-order valence-corrected chi connectivity index (χ1v) is 8.06. The summed E-state index contributed by atoms with van der Waals surface area (Å²) in [5.41, 5.74) is 1.01. The topological polar surface area (TPSA) is 44.9 Å². The summed E-state index contributed by atoms with van der Waals surface area (Å²) in [6, 6.07) is 4.92. The third kappa shape index (κ3) is 2.74. The molecule has 0 saturated heterocycles. The quantitative estimate of drug-likeness (QED) is 0.883. The van der Waals surface area contributed by atoms with Gasteiger partial charge in [-0.1, -0.05) is 19.3 Å². The van der Waals surface area contributed by atoms with Gasteiger partial charge in [0.25, 0.3) is 0 Å². The molecule has 0 unspecified atom stereocenters. The number of rotatable bonds is 3. The molecule has 1 aromatic heterocycles. The Kier molecular flexibility index (Phi) is 3.94. The first-order valence-electron chi connectivity index (χ1n) is 8.06. The summed E-state index contributed by atoms with van der Waals surface area (Å²) in [7, 11) is 0. The molecule has 3 rings (SSSR count). The highest BCUT2D eigenvalue weighted by atomic mass is 19.1.